The number of ether oxygens (including phenoxy) is 1. The quantitative estimate of drug-likeness (QED) is 0.872. The maximum absolute atomic E-state index is 13.4. The van der Waals surface area contributed by atoms with Gasteiger partial charge in [-0.2, -0.15) is 0 Å². The van der Waals surface area contributed by atoms with E-state index in [2.05, 4.69) is 28.1 Å². The summed E-state index contributed by atoms with van der Waals surface area (Å²) in [5, 5.41) is 0. The lowest BCUT2D eigenvalue weighted by Crippen LogP contribution is -2.05. The molecule has 0 saturated carbocycles. The molecule has 0 aliphatic rings. The normalized spacial score (nSPS) is 10.7. The molecule has 0 spiro atoms. The molecule has 0 aromatic heterocycles. The van der Waals surface area contributed by atoms with Crippen LogP contribution in [0, 0.1) is 19.7 Å². The average Bonchev–Trinajstić information content (AvgIpc) is 2.36. The minimum Gasteiger partial charge on any atom is -0.488 e. The fourth-order valence-corrected chi connectivity index (χ4v) is 2.94. The van der Waals surface area contributed by atoms with Gasteiger partial charge in [0, 0.05) is 4.47 Å². The van der Waals surface area contributed by atoms with Crippen LogP contribution in [0.25, 0.3) is 0 Å². The molecule has 0 fully saturated rings. The number of nitrogens with two attached hydrogens (primary N) is 1. The Morgan fingerprint density at radius 3 is 2.29 bits per heavy atom. The number of hydrogen-bond acceptors (Lipinski definition) is 2. The highest BCUT2D eigenvalue weighted by atomic mass is 79.9. The van der Waals surface area contributed by atoms with Crippen LogP contribution < -0.4 is 10.5 Å². The monoisotopic (exact) mass is 351 g/mol. The Hall–Kier alpha value is -1.39. The Kier molecular flexibility index (Phi) is 5.37. The third-order valence-corrected chi connectivity index (χ3v) is 3.72. The van der Waals surface area contributed by atoms with Crippen molar-refractivity contribution in [2.75, 3.05) is 6.54 Å². The molecule has 112 valence electrons. The van der Waals surface area contributed by atoms with Gasteiger partial charge in [-0.05, 0) is 67.3 Å². The molecular formula is C17H19BrFNO. The summed E-state index contributed by atoms with van der Waals surface area (Å²) >= 11 is 3.29. The van der Waals surface area contributed by atoms with E-state index in [1.807, 2.05) is 19.9 Å². The van der Waals surface area contributed by atoms with E-state index in [1.165, 1.54) is 17.7 Å². The second kappa shape index (κ2) is 7.05. The van der Waals surface area contributed by atoms with Gasteiger partial charge in [-0.25, -0.2) is 4.39 Å². The van der Waals surface area contributed by atoms with Gasteiger partial charge in [0.05, 0.1) is 0 Å². The summed E-state index contributed by atoms with van der Waals surface area (Å²) in [7, 11) is 0. The first-order chi connectivity index (χ1) is 9.99. The van der Waals surface area contributed by atoms with Gasteiger partial charge < -0.3 is 10.5 Å². The Morgan fingerprint density at radius 2 is 1.71 bits per heavy atom. The van der Waals surface area contributed by atoms with Gasteiger partial charge in [-0.3, -0.25) is 0 Å². The van der Waals surface area contributed by atoms with Crippen LogP contribution in [0.15, 0.2) is 34.8 Å². The fourth-order valence-electron chi connectivity index (χ4n) is 2.43. The van der Waals surface area contributed by atoms with E-state index in [1.54, 1.807) is 0 Å². The minimum atomic E-state index is -0.269. The lowest BCUT2D eigenvalue weighted by molar-refractivity contribution is 0.301. The van der Waals surface area contributed by atoms with Crippen molar-refractivity contribution < 1.29 is 9.13 Å². The highest BCUT2D eigenvalue weighted by molar-refractivity contribution is 9.10. The van der Waals surface area contributed by atoms with Crippen LogP contribution in [0.2, 0.25) is 0 Å². The van der Waals surface area contributed by atoms with Crippen molar-refractivity contribution in [2.24, 2.45) is 5.73 Å². The molecule has 4 heteroatoms. The minimum absolute atomic E-state index is 0.269. The number of hydrogen-bond donors (Lipinski definition) is 1. The molecule has 21 heavy (non-hydrogen) atoms. The second-order valence-electron chi connectivity index (χ2n) is 5.16. The van der Waals surface area contributed by atoms with Gasteiger partial charge in [0.25, 0.3) is 0 Å². The van der Waals surface area contributed by atoms with E-state index < -0.39 is 0 Å². The van der Waals surface area contributed by atoms with Gasteiger partial charge in [0.1, 0.15) is 18.2 Å². The van der Waals surface area contributed by atoms with E-state index in [0.29, 0.717) is 17.6 Å². The maximum Gasteiger partial charge on any atom is 0.125 e. The lowest BCUT2D eigenvalue weighted by Gasteiger charge is -2.14. The first-order valence-corrected chi connectivity index (χ1v) is 7.67. The van der Waals surface area contributed by atoms with Crippen molar-refractivity contribution in [1.82, 2.24) is 0 Å². The molecule has 0 unspecified atom stereocenters. The van der Waals surface area contributed by atoms with Crippen LogP contribution in [0.3, 0.4) is 0 Å². The molecule has 2 nitrogen and oxygen atoms in total. The number of benzene rings is 2. The van der Waals surface area contributed by atoms with Gasteiger partial charge in [-0.15, -0.1) is 0 Å². The van der Waals surface area contributed by atoms with Crippen molar-refractivity contribution in [3.05, 3.63) is 62.9 Å². The predicted molar refractivity (Wildman–Crippen MR) is 87.1 cm³/mol. The predicted octanol–water partition coefficient (Wildman–Crippen LogP) is 4.29. The van der Waals surface area contributed by atoms with Crippen LogP contribution in [-0.4, -0.2) is 6.54 Å². The zero-order valence-corrected chi connectivity index (χ0v) is 13.8. The fraction of sp³-hybridized carbons (Fsp3) is 0.294. The van der Waals surface area contributed by atoms with Crippen molar-refractivity contribution in [3.8, 4) is 5.75 Å². The average molecular weight is 352 g/mol. The molecule has 0 amide bonds. The van der Waals surface area contributed by atoms with Crippen molar-refractivity contribution in [2.45, 2.75) is 26.9 Å². The Bertz CT molecular complexity index is 599. The topological polar surface area (TPSA) is 35.2 Å². The summed E-state index contributed by atoms with van der Waals surface area (Å²) in [5.41, 5.74) is 9.76. The summed E-state index contributed by atoms with van der Waals surface area (Å²) in [6.45, 7) is 5.01. The Morgan fingerprint density at radius 1 is 1.05 bits per heavy atom. The van der Waals surface area contributed by atoms with Gasteiger partial charge in [0.2, 0.25) is 0 Å². The van der Waals surface area contributed by atoms with Crippen LogP contribution in [0.1, 0.15) is 22.3 Å². The molecule has 2 aromatic carbocycles. The summed E-state index contributed by atoms with van der Waals surface area (Å²) < 4.78 is 19.9. The summed E-state index contributed by atoms with van der Waals surface area (Å²) in [6.07, 6.45) is 0.860. The molecule has 2 aromatic rings. The molecular weight excluding hydrogens is 333 g/mol. The molecule has 0 saturated heterocycles. The molecule has 0 aliphatic carbocycles. The Labute approximate surface area is 133 Å². The first kappa shape index (κ1) is 16.0. The van der Waals surface area contributed by atoms with E-state index in [0.717, 1.165) is 28.9 Å². The summed E-state index contributed by atoms with van der Waals surface area (Å²) in [5.74, 6) is 0.589. The molecule has 0 atom stereocenters. The highest BCUT2D eigenvalue weighted by Crippen LogP contribution is 2.26. The SMILES string of the molecule is Cc1cc(CCN)cc(C)c1OCc1cc(F)cc(Br)c1. The zero-order valence-electron chi connectivity index (χ0n) is 12.2. The first-order valence-electron chi connectivity index (χ1n) is 6.87. The van der Waals surface area contributed by atoms with E-state index in [4.69, 9.17) is 10.5 Å². The molecule has 0 radical (unpaired) electrons. The molecule has 0 bridgehead atoms. The second-order valence-corrected chi connectivity index (χ2v) is 6.08. The smallest absolute Gasteiger partial charge is 0.125 e. The van der Waals surface area contributed by atoms with Crippen molar-refractivity contribution in [1.29, 1.82) is 0 Å². The summed E-state index contributed by atoms with van der Waals surface area (Å²) in [4.78, 5) is 0. The van der Waals surface area contributed by atoms with Crippen LogP contribution >= 0.6 is 15.9 Å². The van der Waals surface area contributed by atoms with Gasteiger partial charge in [-0.1, -0.05) is 28.1 Å². The van der Waals surface area contributed by atoms with Crippen molar-refractivity contribution in [3.63, 3.8) is 0 Å². The lowest BCUT2D eigenvalue weighted by atomic mass is 10.0. The van der Waals surface area contributed by atoms with Crippen LogP contribution in [-0.2, 0) is 13.0 Å². The van der Waals surface area contributed by atoms with E-state index in [-0.39, 0.29) is 5.82 Å². The van der Waals surface area contributed by atoms with Gasteiger partial charge >= 0.3 is 0 Å². The van der Waals surface area contributed by atoms with Crippen LogP contribution in [0.4, 0.5) is 4.39 Å². The summed E-state index contributed by atoms with van der Waals surface area (Å²) in [6, 6.07) is 8.96. The van der Waals surface area contributed by atoms with Gasteiger partial charge in [0.15, 0.2) is 0 Å². The maximum atomic E-state index is 13.4. The number of aryl methyl sites for hydroxylation is 2. The van der Waals surface area contributed by atoms with Crippen LogP contribution in [0.5, 0.6) is 5.75 Å². The standard InChI is InChI=1S/C17H19BrFNO/c1-11-5-13(3-4-20)6-12(2)17(11)21-10-14-7-15(18)9-16(19)8-14/h5-9H,3-4,10,20H2,1-2H3. The molecule has 0 aliphatic heterocycles. The number of halogens is 2. The Balaban J connectivity index is 2.16. The van der Waals surface area contributed by atoms with E-state index in [9.17, 15) is 4.39 Å². The molecule has 2 rings (SSSR count). The zero-order chi connectivity index (χ0) is 15.4. The van der Waals surface area contributed by atoms with Crippen molar-refractivity contribution >= 4 is 15.9 Å². The highest BCUT2D eigenvalue weighted by Gasteiger charge is 2.07. The number of rotatable bonds is 5. The molecule has 0 heterocycles. The van der Waals surface area contributed by atoms with E-state index >= 15 is 0 Å². The largest absolute Gasteiger partial charge is 0.488 e. The molecule has 2 N–H and O–H groups in total. The third kappa shape index (κ3) is 4.29. The third-order valence-electron chi connectivity index (χ3n) is 3.26.